The van der Waals surface area contributed by atoms with Crippen LogP contribution in [-0.4, -0.2) is 23.5 Å². The molecule has 5 heteroatoms. The topological polar surface area (TPSA) is 64.4 Å². The second-order valence-electron chi connectivity index (χ2n) is 6.12. The van der Waals surface area contributed by atoms with E-state index in [4.69, 9.17) is 9.15 Å². The molecule has 0 atom stereocenters. The predicted octanol–water partition coefficient (Wildman–Crippen LogP) is 3.73. The minimum absolute atomic E-state index is 0.0858. The smallest absolute Gasteiger partial charge is 0.220 e. The van der Waals surface area contributed by atoms with Gasteiger partial charge in [0.2, 0.25) is 5.91 Å². The zero-order valence-corrected chi connectivity index (χ0v) is 14.1. The monoisotopic (exact) mass is 328 g/mol. The van der Waals surface area contributed by atoms with Gasteiger partial charge < -0.3 is 14.5 Å². The number of carbonyl (C=O) groups excluding carboxylic acids is 1. The van der Waals surface area contributed by atoms with Crippen molar-refractivity contribution >= 4 is 5.91 Å². The van der Waals surface area contributed by atoms with Gasteiger partial charge in [0.1, 0.15) is 5.75 Å². The summed E-state index contributed by atoms with van der Waals surface area (Å²) < 4.78 is 11.2. The van der Waals surface area contributed by atoms with Gasteiger partial charge in [-0.1, -0.05) is 12.8 Å². The molecule has 24 heavy (non-hydrogen) atoms. The van der Waals surface area contributed by atoms with Gasteiger partial charge in [-0.2, -0.15) is 0 Å². The van der Waals surface area contributed by atoms with Gasteiger partial charge in [0, 0.05) is 24.4 Å². The highest BCUT2D eigenvalue weighted by molar-refractivity contribution is 5.76. The molecule has 3 rings (SSSR count). The number of ether oxygens (including phenoxy) is 1. The van der Waals surface area contributed by atoms with Crippen LogP contribution >= 0.6 is 0 Å². The minimum Gasteiger partial charge on any atom is -0.494 e. The van der Waals surface area contributed by atoms with Crippen LogP contribution in [0.25, 0.3) is 11.3 Å². The van der Waals surface area contributed by atoms with Crippen LogP contribution in [0.3, 0.4) is 0 Å². The maximum absolute atomic E-state index is 12.0. The third-order valence-electron chi connectivity index (χ3n) is 4.29. The van der Waals surface area contributed by atoms with Crippen molar-refractivity contribution in [3.8, 4) is 17.1 Å². The molecule has 2 aromatic rings. The molecule has 0 spiro atoms. The summed E-state index contributed by atoms with van der Waals surface area (Å²) in [7, 11) is 0. The number of nitrogens with zero attached hydrogens (tertiary/aromatic N) is 1. The molecule has 1 amide bonds. The fourth-order valence-electron chi connectivity index (χ4n) is 3.03. The lowest BCUT2D eigenvalue weighted by Crippen LogP contribution is -2.32. The van der Waals surface area contributed by atoms with Gasteiger partial charge in [-0.15, -0.1) is 0 Å². The molecule has 1 heterocycles. The Balaban J connectivity index is 1.52. The number of hydrogen-bond donors (Lipinski definition) is 1. The molecule has 1 aromatic carbocycles. The van der Waals surface area contributed by atoms with Crippen molar-refractivity contribution in [1.82, 2.24) is 10.3 Å². The molecular weight excluding hydrogens is 304 g/mol. The van der Waals surface area contributed by atoms with Crippen molar-refractivity contribution in [2.45, 2.75) is 51.5 Å². The van der Waals surface area contributed by atoms with E-state index in [-0.39, 0.29) is 5.91 Å². The van der Waals surface area contributed by atoms with Crippen LogP contribution in [0.5, 0.6) is 5.75 Å². The fourth-order valence-corrected chi connectivity index (χ4v) is 3.03. The van der Waals surface area contributed by atoms with Gasteiger partial charge in [-0.3, -0.25) is 4.79 Å². The first-order chi connectivity index (χ1) is 11.7. The number of nitrogens with one attached hydrogen (secondary N) is 1. The summed E-state index contributed by atoms with van der Waals surface area (Å²) in [6, 6.07) is 8.08. The normalized spacial score (nSPS) is 14.7. The van der Waals surface area contributed by atoms with Crippen LogP contribution < -0.4 is 10.1 Å². The minimum atomic E-state index is 0.0858. The molecule has 1 N–H and O–H groups in total. The van der Waals surface area contributed by atoms with E-state index in [9.17, 15) is 4.79 Å². The summed E-state index contributed by atoms with van der Waals surface area (Å²) in [5.41, 5.74) is 0.951. The first-order valence-corrected chi connectivity index (χ1v) is 8.72. The van der Waals surface area contributed by atoms with Crippen LogP contribution in [0.1, 0.15) is 44.9 Å². The Hall–Kier alpha value is -2.30. The molecule has 0 saturated heterocycles. The van der Waals surface area contributed by atoms with E-state index in [1.807, 2.05) is 31.2 Å². The van der Waals surface area contributed by atoms with E-state index in [0.29, 0.717) is 37.1 Å². The highest BCUT2D eigenvalue weighted by atomic mass is 16.5. The Morgan fingerprint density at radius 2 is 2.04 bits per heavy atom. The third-order valence-corrected chi connectivity index (χ3v) is 4.29. The molecule has 0 radical (unpaired) electrons. The van der Waals surface area contributed by atoms with Crippen molar-refractivity contribution < 1.29 is 13.9 Å². The molecular formula is C19H24N2O3. The van der Waals surface area contributed by atoms with E-state index >= 15 is 0 Å². The Morgan fingerprint density at radius 3 is 2.75 bits per heavy atom. The molecule has 0 unspecified atom stereocenters. The van der Waals surface area contributed by atoms with Gasteiger partial charge in [0.05, 0.1) is 12.8 Å². The molecule has 0 aliphatic heterocycles. The number of rotatable bonds is 7. The number of benzene rings is 1. The summed E-state index contributed by atoms with van der Waals surface area (Å²) in [5, 5.41) is 3.08. The number of carbonyl (C=O) groups is 1. The molecule has 128 valence electrons. The molecule has 0 bridgehead atoms. The molecule has 1 fully saturated rings. The number of oxazole rings is 1. The lowest BCUT2D eigenvalue weighted by atomic mass is 10.2. The largest absolute Gasteiger partial charge is 0.494 e. The Labute approximate surface area is 142 Å². The zero-order chi connectivity index (χ0) is 16.8. The van der Waals surface area contributed by atoms with Crippen molar-refractivity contribution in [3.05, 3.63) is 36.4 Å². The molecule has 1 saturated carbocycles. The van der Waals surface area contributed by atoms with Gasteiger partial charge >= 0.3 is 0 Å². The van der Waals surface area contributed by atoms with Crippen LogP contribution in [0.15, 0.2) is 34.9 Å². The van der Waals surface area contributed by atoms with Crippen molar-refractivity contribution in [2.24, 2.45) is 0 Å². The Kier molecular flexibility index (Phi) is 5.51. The first kappa shape index (κ1) is 16.6. The predicted molar refractivity (Wildman–Crippen MR) is 91.8 cm³/mol. The Morgan fingerprint density at radius 1 is 1.29 bits per heavy atom. The number of aromatic nitrogens is 1. The van der Waals surface area contributed by atoms with Crippen molar-refractivity contribution in [2.75, 3.05) is 6.61 Å². The molecule has 1 aromatic heterocycles. The summed E-state index contributed by atoms with van der Waals surface area (Å²) in [4.78, 5) is 16.2. The van der Waals surface area contributed by atoms with Gasteiger partial charge in [0.25, 0.3) is 0 Å². The maximum Gasteiger partial charge on any atom is 0.220 e. The average Bonchev–Trinajstić information content (AvgIpc) is 3.26. The van der Waals surface area contributed by atoms with Gasteiger partial charge in [-0.25, -0.2) is 4.98 Å². The molecule has 5 nitrogen and oxygen atoms in total. The van der Waals surface area contributed by atoms with Crippen LogP contribution in [-0.2, 0) is 11.2 Å². The van der Waals surface area contributed by atoms with Gasteiger partial charge in [0.15, 0.2) is 11.7 Å². The van der Waals surface area contributed by atoms with E-state index < -0.39 is 0 Å². The van der Waals surface area contributed by atoms with E-state index in [1.165, 1.54) is 12.8 Å². The molecule has 1 aliphatic carbocycles. The van der Waals surface area contributed by atoms with Gasteiger partial charge in [-0.05, 0) is 44.0 Å². The lowest BCUT2D eigenvalue weighted by molar-refractivity contribution is -0.121. The number of amides is 1. The van der Waals surface area contributed by atoms with Crippen molar-refractivity contribution in [3.63, 3.8) is 0 Å². The van der Waals surface area contributed by atoms with E-state index in [2.05, 4.69) is 10.3 Å². The number of aryl methyl sites for hydroxylation is 1. The quantitative estimate of drug-likeness (QED) is 0.841. The van der Waals surface area contributed by atoms with E-state index in [0.717, 1.165) is 24.2 Å². The summed E-state index contributed by atoms with van der Waals surface area (Å²) in [6.45, 7) is 2.61. The standard InChI is InChI=1S/C19H24N2O3/c1-2-23-16-9-7-14(8-10-16)17-13-20-19(24-17)12-11-18(22)21-15-5-3-4-6-15/h7-10,13,15H,2-6,11-12H2,1H3,(H,21,22). The molecule has 1 aliphatic rings. The van der Waals surface area contributed by atoms with Crippen LogP contribution in [0.4, 0.5) is 0 Å². The lowest BCUT2D eigenvalue weighted by Gasteiger charge is -2.10. The summed E-state index contributed by atoms with van der Waals surface area (Å²) in [6.07, 6.45) is 7.29. The summed E-state index contributed by atoms with van der Waals surface area (Å²) >= 11 is 0. The average molecular weight is 328 g/mol. The SMILES string of the molecule is CCOc1ccc(-c2cnc(CCC(=O)NC3CCCC3)o2)cc1. The first-order valence-electron chi connectivity index (χ1n) is 8.72. The van der Waals surface area contributed by atoms with Crippen molar-refractivity contribution in [1.29, 1.82) is 0 Å². The second-order valence-corrected chi connectivity index (χ2v) is 6.12. The zero-order valence-electron chi connectivity index (χ0n) is 14.1. The second kappa shape index (κ2) is 7.99. The fraction of sp³-hybridized carbons (Fsp3) is 0.474. The summed E-state index contributed by atoms with van der Waals surface area (Å²) in [5.74, 6) is 2.23. The maximum atomic E-state index is 12.0. The number of hydrogen-bond acceptors (Lipinski definition) is 4. The van der Waals surface area contributed by atoms with Crippen LogP contribution in [0.2, 0.25) is 0 Å². The Bertz CT molecular complexity index is 658. The van der Waals surface area contributed by atoms with Crippen LogP contribution in [0, 0.1) is 0 Å². The highest BCUT2D eigenvalue weighted by Gasteiger charge is 2.17. The highest BCUT2D eigenvalue weighted by Crippen LogP contribution is 2.23. The third kappa shape index (κ3) is 4.37. The van der Waals surface area contributed by atoms with E-state index in [1.54, 1.807) is 6.20 Å².